The van der Waals surface area contributed by atoms with Gasteiger partial charge in [-0.25, -0.2) is 0 Å². The maximum absolute atomic E-state index is 12.7. The fourth-order valence-electron chi connectivity index (χ4n) is 3.95. The Hall–Kier alpha value is -1.42. The minimum Gasteiger partial charge on any atom is -0.344 e. The van der Waals surface area contributed by atoms with Crippen molar-refractivity contribution >= 4 is 5.91 Å². The molecule has 1 aromatic rings. The van der Waals surface area contributed by atoms with Crippen LogP contribution in [0.25, 0.3) is 0 Å². The van der Waals surface area contributed by atoms with Gasteiger partial charge >= 0.3 is 0 Å². The number of pyridine rings is 1. The zero-order chi connectivity index (χ0) is 14.9. The van der Waals surface area contributed by atoms with Crippen molar-refractivity contribution in [2.24, 2.45) is 0 Å². The van der Waals surface area contributed by atoms with E-state index in [4.69, 9.17) is 0 Å². The van der Waals surface area contributed by atoms with Gasteiger partial charge in [-0.15, -0.1) is 0 Å². The number of likely N-dealkylation sites (tertiary alicyclic amines) is 2. The lowest BCUT2D eigenvalue weighted by molar-refractivity contribution is -0.145. The summed E-state index contributed by atoms with van der Waals surface area (Å²) in [5.41, 5.74) is 1.99. The Morgan fingerprint density at radius 3 is 2.76 bits per heavy atom. The summed E-state index contributed by atoms with van der Waals surface area (Å²) in [6.07, 6.45) is 5.25. The highest BCUT2D eigenvalue weighted by molar-refractivity contribution is 5.87. The Bertz CT molecular complexity index is 531. The molecule has 4 heteroatoms. The molecule has 2 aliphatic rings. The van der Waals surface area contributed by atoms with Crippen LogP contribution in [-0.4, -0.2) is 52.9 Å². The fourth-order valence-corrected chi connectivity index (χ4v) is 3.95. The first-order valence-electron chi connectivity index (χ1n) is 8.05. The third-order valence-electron chi connectivity index (χ3n) is 5.04. The first-order chi connectivity index (χ1) is 10.1. The SMILES string of the molecule is Cc1cccc(CCN2CCCC23CCCN(C)C3=O)n1. The lowest BCUT2D eigenvalue weighted by Crippen LogP contribution is -2.59. The van der Waals surface area contributed by atoms with Crippen LogP contribution in [0.15, 0.2) is 18.2 Å². The van der Waals surface area contributed by atoms with Crippen LogP contribution < -0.4 is 0 Å². The van der Waals surface area contributed by atoms with Gasteiger partial charge < -0.3 is 4.90 Å². The minimum absolute atomic E-state index is 0.211. The topological polar surface area (TPSA) is 36.4 Å². The van der Waals surface area contributed by atoms with Crippen LogP contribution in [0, 0.1) is 6.92 Å². The maximum atomic E-state index is 12.7. The van der Waals surface area contributed by atoms with Gasteiger partial charge in [0.2, 0.25) is 5.91 Å². The molecule has 0 radical (unpaired) electrons. The third-order valence-corrected chi connectivity index (χ3v) is 5.04. The van der Waals surface area contributed by atoms with Gasteiger partial charge in [0, 0.05) is 37.9 Å². The molecule has 3 rings (SSSR count). The lowest BCUT2D eigenvalue weighted by atomic mass is 9.85. The molecule has 1 aromatic heterocycles. The summed E-state index contributed by atoms with van der Waals surface area (Å²) in [4.78, 5) is 21.6. The normalized spacial score (nSPS) is 26.8. The number of nitrogens with zero attached hydrogens (tertiary/aromatic N) is 3. The van der Waals surface area contributed by atoms with E-state index in [1.165, 1.54) is 0 Å². The van der Waals surface area contributed by atoms with Gasteiger partial charge in [0.1, 0.15) is 5.54 Å². The second kappa shape index (κ2) is 5.76. The van der Waals surface area contributed by atoms with E-state index in [1.807, 2.05) is 24.9 Å². The van der Waals surface area contributed by atoms with Gasteiger partial charge in [-0.3, -0.25) is 14.7 Å². The molecule has 1 unspecified atom stereocenters. The minimum atomic E-state index is -0.211. The monoisotopic (exact) mass is 287 g/mol. The number of piperidine rings is 1. The van der Waals surface area contributed by atoms with Crippen molar-refractivity contribution in [1.82, 2.24) is 14.8 Å². The molecule has 0 saturated carbocycles. The zero-order valence-corrected chi connectivity index (χ0v) is 13.1. The molecule has 3 heterocycles. The van der Waals surface area contributed by atoms with Crippen molar-refractivity contribution in [2.75, 3.05) is 26.7 Å². The summed E-state index contributed by atoms with van der Waals surface area (Å²) in [7, 11) is 1.95. The summed E-state index contributed by atoms with van der Waals surface area (Å²) in [6.45, 7) is 4.93. The van der Waals surface area contributed by atoms with E-state index in [-0.39, 0.29) is 5.54 Å². The van der Waals surface area contributed by atoms with Crippen LogP contribution in [0.2, 0.25) is 0 Å². The van der Waals surface area contributed by atoms with Crippen LogP contribution in [0.4, 0.5) is 0 Å². The summed E-state index contributed by atoms with van der Waals surface area (Å²) in [5.74, 6) is 0.337. The van der Waals surface area contributed by atoms with Crippen LogP contribution in [-0.2, 0) is 11.2 Å². The molecule has 2 saturated heterocycles. The molecule has 0 N–H and O–H groups in total. The van der Waals surface area contributed by atoms with E-state index in [9.17, 15) is 4.79 Å². The molecule has 0 aliphatic carbocycles. The highest BCUT2D eigenvalue weighted by Crippen LogP contribution is 2.37. The molecular weight excluding hydrogens is 262 g/mol. The lowest BCUT2D eigenvalue weighted by Gasteiger charge is -2.43. The van der Waals surface area contributed by atoms with E-state index < -0.39 is 0 Å². The molecule has 2 aliphatic heterocycles. The number of hydrogen-bond donors (Lipinski definition) is 0. The Balaban J connectivity index is 1.71. The number of aryl methyl sites for hydroxylation is 1. The van der Waals surface area contributed by atoms with Crippen LogP contribution in [0.5, 0.6) is 0 Å². The Morgan fingerprint density at radius 2 is 2.00 bits per heavy atom. The standard InChI is InChI=1S/C17H25N3O/c1-14-6-3-7-15(18-14)8-13-20-12-5-10-17(20)9-4-11-19(2)16(17)21/h3,6-7H,4-5,8-13H2,1-2H3. The Kier molecular flexibility index (Phi) is 3.98. The number of aromatic nitrogens is 1. The molecule has 21 heavy (non-hydrogen) atoms. The number of carbonyl (C=O) groups is 1. The van der Waals surface area contributed by atoms with Gasteiger partial charge in [-0.1, -0.05) is 6.07 Å². The smallest absolute Gasteiger partial charge is 0.242 e. The number of likely N-dealkylation sites (N-methyl/N-ethyl adjacent to an activating group) is 1. The van der Waals surface area contributed by atoms with Crippen molar-refractivity contribution in [3.8, 4) is 0 Å². The van der Waals surface area contributed by atoms with Gasteiger partial charge in [0.15, 0.2) is 0 Å². The van der Waals surface area contributed by atoms with E-state index in [0.717, 1.165) is 63.1 Å². The molecule has 0 aromatic carbocycles. The molecule has 0 bridgehead atoms. The molecule has 1 amide bonds. The molecule has 1 atom stereocenters. The Labute approximate surface area is 127 Å². The second-order valence-corrected chi connectivity index (χ2v) is 6.47. The summed E-state index contributed by atoms with van der Waals surface area (Å²) < 4.78 is 0. The van der Waals surface area contributed by atoms with Crippen molar-refractivity contribution in [2.45, 2.75) is 44.6 Å². The maximum Gasteiger partial charge on any atom is 0.242 e. The first-order valence-corrected chi connectivity index (χ1v) is 8.05. The molecular formula is C17H25N3O. The summed E-state index contributed by atoms with van der Waals surface area (Å²) in [5, 5.41) is 0. The van der Waals surface area contributed by atoms with Gasteiger partial charge in [-0.2, -0.15) is 0 Å². The highest BCUT2D eigenvalue weighted by Gasteiger charge is 2.49. The second-order valence-electron chi connectivity index (χ2n) is 6.47. The van der Waals surface area contributed by atoms with Crippen molar-refractivity contribution in [1.29, 1.82) is 0 Å². The predicted molar refractivity (Wildman–Crippen MR) is 83.1 cm³/mol. The van der Waals surface area contributed by atoms with Gasteiger partial charge in [-0.05, 0) is 51.3 Å². The summed E-state index contributed by atoms with van der Waals surface area (Å²) >= 11 is 0. The predicted octanol–water partition coefficient (Wildman–Crippen LogP) is 2.02. The number of rotatable bonds is 3. The quantitative estimate of drug-likeness (QED) is 0.853. The number of carbonyl (C=O) groups excluding carboxylic acids is 1. The molecule has 114 valence electrons. The third kappa shape index (κ3) is 2.69. The fraction of sp³-hybridized carbons (Fsp3) is 0.647. The number of hydrogen-bond acceptors (Lipinski definition) is 3. The zero-order valence-electron chi connectivity index (χ0n) is 13.1. The Morgan fingerprint density at radius 1 is 1.24 bits per heavy atom. The van der Waals surface area contributed by atoms with Crippen LogP contribution in [0.3, 0.4) is 0 Å². The molecule has 1 spiro atoms. The van der Waals surface area contributed by atoms with E-state index in [2.05, 4.69) is 22.0 Å². The number of amides is 1. The first kappa shape index (κ1) is 14.5. The van der Waals surface area contributed by atoms with Crippen LogP contribution >= 0.6 is 0 Å². The molecule has 4 nitrogen and oxygen atoms in total. The van der Waals surface area contributed by atoms with E-state index >= 15 is 0 Å². The molecule has 2 fully saturated rings. The van der Waals surface area contributed by atoms with Crippen molar-refractivity contribution in [3.63, 3.8) is 0 Å². The highest BCUT2D eigenvalue weighted by atomic mass is 16.2. The average Bonchev–Trinajstić information content (AvgIpc) is 2.86. The van der Waals surface area contributed by atoms with E-state index in [0.29, 0.717) is 5.91 Å². The van der Waals surface area contributed by atoms with Gasteiger partial charge in [0.25, 0.3) is 0 Å². The van der Waals surface area contributed by atoms with Crippen LogP contribution in [0.1, 0.15) is 37.1 Å². The van der Waals surface area contributed by atoms with Crippen molar-refractivity contribution < 1.29 is 4.79 Å². The average molecular weight is 287 g/mol. The largest absolute Gasteiger partial charge is 0.344 e. The van der Waals surface area contributed by atoms with E-state index in [1.54, 1.807) is 0 Å². The van der Waals surface area contributed by atoms with Crippen molar-refractivity contribution in [3.05, 3.63) is 29.6 Å². The summed E-state index contributed by atoms with van der Waals surface area (Å²) in [6, 6.07) is 6.18. The van der Waals surface area contributed by atoms with Gasteiger partial charge in [0.05, 0.1) is 0 Å².